The second-order valence-corrected chi connectivity index (χ2v) is 6.64. The van der Waals surface area contributed by atoms with Gasteiger partial charge in [0.05, 0.1) is 5.38 Å². The third-order valence-corrected chi connectivity index (χ3v) is 5.55. The van der Waals surface area contributed by atoms with Gasteiger partial charge in [0.25, 0.3) is 0 Å². The van der Waals surface area contributed by atoms with Crippen LogP contribution < -0.4 is 0 Å². The van der Waals surface area contributed by atoms with Crippen LogP contribution in [0.25, 0.3) is 0 Å². The van der Waals surface area contributed by atoms with Crippen LogP contribution in [-0.2, 0) is 0 Å². The van der Waals surface area contributed by atoms with Crippen molar-refractivity contribution in [2.45, 2.75) is 64.2 Å². The van der Waals surface area contributed by atoms with E-state index in [1.54, 1.807) is 0 Å². The predicted molar refractivity (Wildman–Crippen MR) is 80.3 cm³/mol. The van der Waals surface area contributed by atoms with Crippen LogP contribution in [0.15, 0.2) is 24.3 Å². The van der Waals surface area contributed by atoms with E-state index in [1.807, 2.05) is 0 Å². The highest BCUT2D eigenvalue weighted by Crippen LogP contribution is 2.50. The van der Waals surface area contributed by atoms with Gasteiger partial charge in [-0.1, -0.05) is 57.9 Å². The number of hydrogen-bond acceptors (Lipinski definition) is 0. The molecule has 0 amide bonds. The molecule has 0 heterocycles. The molecule has 0 radical (unpaired) electrons. The second kappa shape index (κ2) is 5.65. The Morgan fingerprint density at radius 2 is 1.61 bits per heavy atom. The van der Waals surface area contributed by atoms with Crippen molar-refractivity contribution in [3.05, 3.63) is 35.4 Å². The van der Waals surface area contributed by atoms with Gasteiger partial charge >= 0.3 is 0 Å². The average Bonchev–Trinajstić information content (AvgIpc) is 2.85. The maximum atomic E-state index is 6.72. The molecule has 1 aliphatic rings. The Bertz CT molecular complexity index is 373. The molecule has 0 N–H and O–H groups in total. The van der Waals surface area contributed by atoms with Crippen molar-refractivity contribution in [3.8, 4) is 0 Å². The Hall–Kier alpha value is -0.490. The highest BCUT2D eigenvalue weighted by Gasteiger charge is 2.36. The number of halogens is 1. The number of alkyl halides is 1. The molecule has 1 aromatic carbocycles. The van der Waals surface area contributed by atoms with Gasteiger partial charge in [-0.2, -0.15) is 0 Å². The minimum absolute atomic E-state index is 0.172. The van der Waals surface area contributed by atoms with E-state index in [4.69, 9.17) is 11.6 Å². The van der Waals surface area contributed by atoms with E-state index >= 15 is 0 Å². The Kier molecular flexibility index (Phi) is 4.37. The summed E-state index contributed by atoms with van der Waals surface area (Å²) in [5.41, 5.74) is 3.04. The molecule has 18 heavy (non-hydrogen) atoms. The van der Waals surface area contributed by atoms with E-state index in [1.165, 1.54) is 43.2 Å². The van der Waals surface area contributed by atoms with E-state index in [2.05, 4.69) is 45.0 Å². The zero-order valence-corrected chi connectivity index (χ0v) is 12.6. The molecule has 100 valence electrons. The van der Waals surface area contributed by atoms with E-state index in [0.29, 0.717) is 11.3 Å². The summed E-state index contributed by atoms with van der Waals surface area (Å²) in [6.45, 7) is 6.87. The maximum Gasteiger partial charge on any atom is 0.0638 e. The van der Waals surface area contributed by atoms with Crippen LogP contribution in [0.4, 0.5) is 0 Å². The topological polar surface area (TPSA) is 0 Å². The molecule has 2 unspecified atom stereocenters. The molecule has 1 fully saturated rings. The highest BCUT2D eigenvalue weighted by molar-refractivity contribution is 6.21. The Morgan fingerprint density at radius 3 is 2.11 bits per heavy atom. The molecule has 2 rings (SSSR count). The maximum absolute atomic E-state index is 6.72. The zero-order chi connectivity index (χ0) is 13.2. The lowest BCUT2D eigenvalue weighted by Gasteiger charge is -2.30. The van der Waals surface area contributed by atoms with Gasteiger partial charge in [0.1, 0.15) is 0 Å². The molecular weight excluding hydrogens is 240 g/mol. The van der Waals surface area contributed by atoms with Gasteiger partial charge in [0, 0.05) is 0 Å². The number of hydrogen-bond donors (Lipinski definition) is 0. The van der Waals surface area contributed by atoms with Crippen LogP contribution in [0.1, 0.15) is 75.3 Å². The molecule has 0 aliphatic heterocycles. The predicted octanol–water partition coefficient (Wildman–Crippen LogP) is 6.06. The van der Waals surface area contributed by atoms with Crippen LogP contribution in [-0.4, -0.2) is 0 Å². The van der Waals surface area contributed by atoms with Crippen LogP contribution >= 0.6 is 11.6 Å². The molecule has 0 nitrogen and oxygen atoms in total. The molecule has 1 saturated carbocycles. The first-order valence-electron chi connectivity index (χ1n) is 7.31. The van der Waals surface area contributed by atoms with Gasteiger partial charge < -0.3 is 0 Å². The minimum atomic E-state index is 0.172. The normalized spacial score (nSPS) is 21.8. The molecule has 2 atom stereocenters. The number of rotatable bonds is 4. The lowest BCUT2D eigenvalue weighted by Crippen LogP contribution is -2.18. The van der Waals surface area contributed by atoms with Crippen molar-refractivity contribution in [2.75, 3.05) is 0 Å². The van der Waals surface area contributed by atoms with Crippen molar-refractivity contribution in [3.63, 3.8) is 0 Å². The van der Waals surface area contributed by atoms with Gasteiger partial charge in [-0.15, -0.1) is 11.6 Å². The van der Waals surface area contributed by atoms with Gasteiger partial charge in [-0.05, 0) is 41.7 Å². The van der Waals surface area contributed by atoms with E-state index in [-0.39, 0.29) is 5.38 Å². The van der Waals surface area contributed by atoms with E-state index in [9.17, 15) is 0 Å². The zero-order valence-electron chi connectivity index (χ0n) is 11.9. The van der Waals surface area contributed by atoms with Gasteiger partial charge in [-0.3, -0.25) is 0 Å². The molecular formula is C17H25Cl. The Morgan fingerprint density at radius 1 is 1.11 bits per heavy atom. The van der Waals surface area contributed by atoms with E-state index < -0.39 is 0 Å². The third-order valence-electron chi connectivity index (χ3n) is 4.77. The fourth-order valence-corrected chi connectivity index (χ4v) is 3.43. The summed E-state index contributed by atoms with van der Waals surface area (Å²) in [5.74, 6) is 0.648. The monoisotopic (exact) mass is 264 g/mol. The molecule has 1 heteroatoms. The molecule has 1 aliphatic carbocycles. The lowest BCUT2D eigenvalue weighted by molar-refractivity contribution is 0.322. The van der Waals surface area contributed by atoms with Crippen LogP contribution in [0.5, 0.6) is 0 Å². The lowest BCUT2D eigenvalue weighted by atomic mass is 9.81. The first-order valence-corrected chi connectivity index (χ1v) is 7.74. The molecule has 0 aromatic heterocycles. The SMILES string of the molecule is CCC(C)c1ccc(C(Cl)C2(C)CCCC2)cc1. The molecule has 1 aromatic rings. The minimum Gasteiger partial charge on any atom is -0.117 e. The van der Waals surface area contributed by atoms with Crippen molar-refractivity contribution in [2.24, 2.45) is 5.41 Å². The molecule has 0 bridgehead atoms. The third kappa shape index (κ3) is 2.74. The van der Waals surface area contributed by atoms with Crippen LogP contribution in [0.2, 0.25) is 0 Å². The summed E-state index contributed by atoms with van der Waals surface area (Å²) < 4.78 is 0. The number of benzene rings is 1. The van der Waals surface area contributed by atoms with Gasteiger partial charge in [0.2, 0.25) is 0 Å². The Labute approximate surface area is 117 Å². The fraction of sp³-hybridized carbons (Fsp3) is 0.647. The fourth-order valence-electron chi connectivity index (χ4n) is 3.07. The summed E-state index contributed by atoms with van der Waals surface area (Å²) >= 11 is 6.72. The van der Waals surface area contributed by atoms with Crippen LogP contribution in [0, 0.1) is 5.41 Å². The van der Waals surface area contributed by atoms with Crippen molar-refractivity contribution < 1.29 is 0 Å². The summed E-state index contributed by atoms with van der Waals surface area (Å²) in [6, 6.07) is 9.00. The van der Waals surface area contributed by atoms with Gasteiger partial charge in [-0.25, -0.2) is 0 Å². The van der Waals surface area contributed by atoms with Crippen molar-refractivity contribution in [1.82, 2.24) is 0 Å². The van der Waals surface area contributed by atoms with E-state index in [0.717, 1.165) is 0 Å². The molecule has 0 spiro atoms. The molecule has 0 saturated heterocycles. The van der Waals surface area contributed by atoms with Gasteiger partial charge in [0.15, 0.2) is 0 Å². The standard InChI is InChI=1S/C17H25Cl/c1-4-13(2)14-7-9-15(10-8-14)16(18)17(3)11-5-6-12-17/h7-10,13,16H,4-6,11-12H2,1-3H3. The first-order chi connectivity index (χ1) is 8.57. The van der Waals surface area contributed by atoms with Crippen LogP contribution in [0.3, 0.4) is 0 Å². The highest BCUT2D eigenvalue weighted by atomic mass is 35.5. The summed E-state index contributed by atoms with van der Waals surface area (Å²) in [5, 5.41) is 0.172. The van der Waals surface area contributed by atoms with Crippen molar-refractivity contribution >= 4 is 11.6 Å². The summed E-state index contributed by atoms with van der Waals surface area (Å²) in [4.78, 5) is 0. The second-order valence-electron chi connectivity index (χ2n) is 6.20. The summed E-state index contributed by atoms with van der Waals surface area (Å²) in [7, 11) is 0. The smallest absolute Gasteiger partial charge is 0.0638 e. The summed E-state index contributed by atoms with van der Waals surface area (Å²) in [6.07, 6.45) is 6.42. The largest absolute Gasteiger partial charge is 0.117 e. The van der Waals surface area contributed by atoms with Crippen molar-refractivity contribution in [1.29, 1.82) is 0 Å². The Balaban J connectivity index is 2.14. The average molecular weight is 265 g/mol. The quantitative estimate of drug-likeness (QED) is 0.580. The first kappa shape index (κ1) is 13.9.